The number of anilines is 1. The van der Waals surface area contributed by atoms with Gasteiger partial charge in [-0.1, -0.05) is 13.8 Å². The third-order valence-corrected chi connectivity index (χ3v) is 2.65. The summed E-state index contributed by atoms with van der Waals surface area (Å²) in [7, 11) is 0. The number of fused-ring (bicyclic) bond motifs is 1. The normalized spacial score (nSPS) is 12.8. The van der Waals surface area contributed by atoms with Crippen LogP contribution in [0.5, 0.6) is 0 Å². The van der Waals surface area contributed by atoms with Crippen molar-refractivity contribution in [1.82, 2.24) is 4.98 Å². The third kappa shape index (κ3) is 3.21. The number of nitrogens with zero attached hydrogens (tertiary/aromatic N) is 1. The topological polar surface area (TPSA) is 75.4 Å². The van der Waals surface area contributed by atoms with Gasteiger partial charge in [-0.2, -0.15) is 4.98 Å². The first-order chi connectivity index (χ1) is 8.95. The molecule has 0 unspecified atom stereocenters. The largest absolute Gasteiger partial charge is 0.480 e. The number of aromatic nitrogens is 1. The lowest BCUT2D eigenvalue weighted by molar-refractivity contribution is -0.138. The molecule has 1 aromatic carbocycles. The van der Waals surface area contributed by atoms with Gasteiger partial charge in [0.15, 0.2) is 5.58 Å². The quantitative estimate of drug-likeness (QED) is 0.870. The van der Waals surface area contributed by atoms with E-state index in [0.29, 0.717) is 17.5 Å². The fourth-order valence-corrected chi connectivity index (χ4v) is 1.80. The monoisotopic (exact) mass is 266 g/mol. The fraction of sp³-hybridized carbons (Fsp3) is 0.385. The lowest BCUT2D eigenvalue weighted by Crippen LogP contribution is -2.30. The summed E-state index contributed by atoms with van der Waals surface area (Å²) in [6.45, 7) is 3.86. The second-order valence-corrected chi connectivity index (χ2v) is 4.80. The molecule has 0 saturated heterocycles. The van der Waals surface area contributed by atoms with Gasteiger partial charge in [0.05, 0.1) is 0 Å². The summed E-state index contributed by atoms with van der Waals surface area (Å²) in [5.74, 6) is -1.16. The molecule has 0 saturated carbocycles. The number of hydrogen-bond acceptors (Lipinski definition) is 4. The van der Waals surface area contributed by atoms with Crippen LogP contribution in [0.25, 0.3) is 11.1 Å². The summed E-state index contributed by atoms with van der Waals surface area (Å²) in [6.07, 6.45) is 0.447. The predicted molar refractivity (Wildman–Crippen MR) is 68.5 cm³/mol. The molecule has 0 aliphatic carbocycles. The number of nitrogens with one attached hydrogen (secondary N) is 1. The van der Waals surface area contributed by atoms with Gasteiger partial charge in [0.2, 0.25) is 0 Å². The summed E-state index contributed by atoms with van der Waals surface area (Å²) in [5, 5.41) is 11.8. The van der Waals surface area contributed by atoms with Crippen molar-refractivity contribution in [3.63, 3.8) is 0 Å². The molecule has 0 spiro atoms. The molecule has 1 heterocycles. The minimum absolute atomic E-state index is 0.0913. The van der Waals surface area contributed by atoms with Crippen LogP contribution < -0.4 is 5.32 Å². The van der Waals surface area contributed by atoms with E-state index in [0.717, 1.165) is 0 Å². The van der Waals surface area contributed by atoms with Gasteiger partial charge in [0, 0.05) is 6.07 Å². The van der Waals surface area contributed by atoms with Crippen LogP contribution in [0.15, 0.2) is 22.6 Å². The van der Waals surface area contributed by atoms with Crippen LogP contribution in [-0.2, 0) is 4.79 Å². The van der Waals surface area contributed by atoms with Crippen molar-refractivity contribution >= 4 is 23.1 Å². The van der Waals surface area contributed by atoms with Crippen molar-refractivity contribution in [3.8, 4) is 0 Å². The minimum atomic E-state index is -0.970. The van der Waals surface area contributed by atoms with E-state index < -0.39 is 17.8 Å². The molecule has 102 valence electrons. The second-order valence-electron chi connectivity index (χ2n) is 4.80. The van der Waals surface area contributed by atoms with Gasteiger partial charge in [0.1, 0.15) is 17.4 Å². The summed E-state index contributed by atoms with van der Waals surface area (Å²) >= 11 is 0. The lowest BCUT2D eigenvalue weighted by Gasteiger charge is -2.14. The summed E-state index contributed by atoms with van der Waals surface area (Å²) in [4.78, 5) is 15.1. The average Bonchev–Trinajstić information content (AvgIpc) is 2.68. The molecular formula is C13H15FN2O3. The number of carboxylic acids is 1. The zero-order valence-corrected chi connectivity index (χ0v) is 10.7. The second kappa shape index (κ2) is 5.26. The van der Waals surface area contributed by atoms with Gasteiger partial charge in [-0.05, 0) is 24.5 Å². The highest BCUT2D eigenvalue weighted by molar-refractivity contribution is 5.78. The van der Waals surface area contributed by atoms with Crippen LogP contribution in [0.3, 0.4) is 0 Å². The summed E-state index contributed by atoms with van der Waals surface area (Å²) < 4.78 is 18.3. The molecular weight excluding hydrogens is 251 g/mol. The molecule has 2 N–H and O–H groups in total. The van der Waals surface area contributed by atoms with E-state index in [4.69, 9.17) is 9.52 Å². The molecule has 2 rings (SSSR count). The number of carbonyl (C=O) groups is 1. The number of hydrogen-bond donors (Lipinski definition) is 2. The number of oxazole rings is 1. The number of benzene rings is 1. The average molecular weight is 266 g/mol. The molecule has 19 heavy (non-hydrogen) atoms. The van der Waals surface area contributed by atoms with Crippen LogP contribution in [0.4, 0.5) is 10.4 Å². The standard InChI is InChI=1S/C13H15FN2O3/c1-7(2)5-10(12(17)18)16-13-15-9-6-8(14)3-4-11(9)19-13/h3-4,6-7,10H,5H2,1-2H3,(H,15,16)(H,17,18)/t10-/m0/s1. The Hall–Kier alpha value is -2.11. The van der Waals surface area contributed by atoms with Gasteiger partial charge in [0.25, 0.3) is 6.01 Å². The van der Waals surface area contributed by atoms with Crippen LogP contribution in [0.2, 0.25) is 0 Å². The maximum absolute atomic E-state index is 13.0. The first-order valence-electron chi connectivity index (χ1n) is 6.01. The smallest absolute Gasteiger partial charge is 0.326 e. The predicted octanol–water partition coefficient (Wildman–Crippen LogP) is 2.88. The Morgan fingerprint density at radius 1 is 1.53 bits per heavy atom. The SMILES string of the molecule is CC(C)C[C@H](Nc1nc2cc(F)ccc2o1)C(=O)O. The zero-order chi connectivity index (χ0) is 14.0. The van der Waals surface area contributed by atoms with Gasteiger partial charge in [-0.25, -0.2) is 9.18 Å². The maximum atomic E-state index is 13.0. The number of halogens is 1. The van der Waals surface area contributed by atoms with Crippen LogP contribution in [0.1, 0.15) is 20.3 Å². The Morgan fingerprint density at radius 3 is 2.89 bits per heavy atom. The van der Waals surface area contributed by atoms with E-state index in [1.807, 2.05) is 13.8 Å². The van der Waals surface area contributed by atoms with Crippen LogP contribution in [0, 0.1) is 11.7 Å². The van der Waals surface area contributed by atoms with E-state index in [1.165, 1.54) is 18.2 Å². The lowest BCUT2D eigenvalue weighted by atomic mass is 10.0. The molecule has 0 bridgehead atoms. The molecule has 6 heteroatoms. The fourth-order valence-electron chi connectivity index (χ4n) is 1.80. The molecule has 0 aliphatic heterocycles. The van der Waals surface area contributed by atoms with Gasteiger partial charge < -0.3 is 14.8 Å². The number of aliphatic carboxylic acids is 1. The molecule has 0 fully saturated rings. The Labute approximate surface area is 109 Å². The minimum Gasteiger partial charge on any atom is -0.480 e. The van der Waals surface area contributed by atoms with Crippen LogP contribution >= 0.6 is 0 Å². The number of rotatable bonds is 5. The first kappa shape index (κ1) is 13.3. The van der Waals surface area contributed by atoms with Crippen molar-refractivity contribution in [2.24, 2.45) is 5.92 Å². The van der Waals surface area contributed by atoms with Gasteiger partial charge in [-0.15, -0.1) is 0 Å². The van der Waals surface area contributed by atoms with Crippen LogP contribution in [-0.4, -0.2) is 22.1 Å². The first-order valence-corrected chi connectivity index (χ1v) is 6.01. The Morgan fingerprint density at radius 2 is 2.26 bits per heavy atom. The highest BCUT2D eigenvalue weighted by Crippen LogP contribution is 2.21. The molecule has 1 aromatic heterocycles. The van der Waals surface area contributed by atoms with E-state index in [-0.39, 0.29) is 11.9 Å². The molecule has 0 radical (unpaired) electrons. The highest BCUT2D eigenvalue weighted by Gasteiger charge is 2.21. The van der Waals surface area contributed by atoms with E-state index in [1.54, 1.807) is 0 Å². The van der Waals surface area contributed by atoms with E-state index >= 15 is 0 Å². The van der Waals surface area contributed by atoms with Crippen molar-refractivity contribution < 1.29 is 18.7 Å². The Balaban J connectivity index is 2.21. The molecule has 2 aromatic rings. The van der Waals surface area contributed by atoms with Crippen molar-refractivity contribution in [1.29, 1.82) is 0 Å². The van der Waals surface area contributed by atoms with E-state index in [2.05, 4.69) is 10.3 Å². The van der Waals surface area contributed by atoms with Gasteiger partial charge >= 0.3 is 5.97 Å². The third-order valence-electron chi connectivity index (χ3n) is 2.65. The zero-order valence-electron chi connectivity index (χ0n) is 10.7. The Bertz CT molecular complexity index is 595. The molecule has 0 aliphatic rings. The van der Waals surface area contributed by atoms with Crippen molar-refractivity contribution in [2.45, 2.75) is 26.3 Å². The van der Waals surface area contributed by atoms with Crippen molar-refractivity contribution in [3.05, 3.63) is 24.0 Å². The molecule has 1 atom stereocenters. The number of carboxylic acid groups (broad SMARTS) is 1. The summed E-state index contributed by atoms with van der Waals surface area (Å²) in [6, 6.07) is 3.27. The Kier molecular flexibility index (Phi) is 3.69. The highest BCUT2D eigenvalue weighted by atomic mass is 19.1. The molecule has 0 amide bonds. The van der Waals surface area contributed by atoms with Gasteiger partial charge in [-0.3, -0.25) is 0 Å². The van der Waals surface area contributed by atoms with Crippen molar-refractivity contribution in [2.75, 3.05) is 5.32 Å². The van der Waals surface area contributed by atoms with E-state index in [9.17, 15) is 9.18 Å². The summed E-state index contributed by atoms with van der Waals surface area (Å²) in [5.41, 5.74) is 0.772. The maximum Gasteiger partial charge on any atom is 0.326 e. The molecule has 5 nitrogen and oxygen atoms in total.